The number of anilines is 1. The summed E-state index contributed by atoms with van der Waals surface area (Å²) in [5, 5.41) is 11.8. The monoisotopic (exact) mass is 356 g/mol. The standard InChI is InChI=1S/C23H20N2O2/c1-15-4-7-19(12-16(15)2)23(26)25-22-11-10-21(13-17(22)3)27-20-8-5-18(14-24)6-9-20/h4-13H,1-3H3,(H,25,26). The van der Waals surface area contributed by atoms with Crippen molar-refractivity contribution in [2.24, 2.45) is 0 Å². The molecule has 0 atom stereocenters. The van der Waals surface area contributed by atoms with E-state index in [1.54, 1.807) is 30.3 Å². The molecule has 3 aromatic rings. The van der Waals surface area contributed by atoms with E-state index in [2.05, 4.69) is 11.4 Å². The van der Waals surface area contributed by atoms with Crippen LogP contribution in [0.5, 0.6) is 11.5 Å². The number of nitrogens with zero attached hydrogens (tertiary/aromatic N) is 1. The lowest BCUT2D eigenvalue weighted by molar-refractivity contribution is 0.102. The molecule has 0 aliphatic carbocycles. The van der Waals surface area contributed by atoms with Crippen LogP contribution in [0.25, 0.3) is 0 Å². The molecule has 134 valence electrons. The Bertz CT molecular complexity index is 1030. The lowest BCUT2D eigenvalue weighted by Gasteiger charge is -2.12. The Kier molecular flexibility index (Phi) is 5.23. The van der Waals surface area contributed by atoms with Gasteiger partial charge in [-0.25, -0.2) is 0 Å². The van der Waals surface area contributed by atoms with Gasteiger partial charge < -0.3 is 10.1 Å². The summed E-state index contributed by atoms with van der Waals surface area (Å²) >= 11 is 0. The van der Waals surface area contributed by atoms with Crippen LogP contribution in [-0.2, 0) is 0 Å². The number of ether oxygens (including phenoxy) is 1. The smallest absolute Gasteiger partial charge is 0.255 e. The number of nitriles is 1. The molecule has 0 unspecified atom stereocenters. The van der Waals surface area contributed by atoms with E-state index in [1.165, 1.54) is 0 Å². The largest absolute Gasteiger partial charge is 0.457 e. The molecule has 0 heterocycles. The van der Waals surface area contributed by atoms with Crippen molar-refractivity contribution in [2.45, 2.75) is 20.8 Å². The van der Waals surface area contributed by atoms with Gasteiger partial charge in [-0.15, -0.1) is 0 Å². The molecule has 0 radical (unpaired) electrons. The summed E-state index contributed by atoms with van der Waals surface area (Å²) in [6.45, 7) is 5.93. The minimum atomic E-state index is -0.137. The van der Waals surface area contributed by atoms with Gasteiger partial charge in [0.2, 0.25) is 0 Å². The molecule has 0 saturated heterocycles. The van der Waals surface area contributed by atoms with Crippen LogP contribution in [-0.4, -0.2) is 5.91 Å². The van der Waals surface area contributed by atoms with E-state index < -0.39 is 0 Å². The number of hydrogen-bond acceptors (Lipinski definition) is 3. The number of carbonyl (C=O) groups excluding carboxylic acids is 1. The van der Waals surface area contributed by atoms with Gasteiger partial charge in [0.05, 0.1) is 11.6 Å². The predicted octanol–water partition coefficient (Wildman–Crippen LogP) is 5.53. The van der Waals surface area contributed by atoms with E-state index in [4.69, 9.17) is 10.00 Å². The predicted molar refractivity (Wildman–Crippen MR) is 106 cm³/mol. The second-order valence-electron chi connectivity index (χ2n) is 6.47. The van der Waals surface area contributed by atoms with Crippen LogP contribution < -0.4 is 10.1 Å². The first-order chi connectivity index (χ1) is 13.0. The number of benzene rings is 3. The highest BCUT2D eigenvalue weighted by molar-refractivity contribution is 6.04. The van der Waals surface area contributed by atoms with Crippen molar-refractivity contribution >= 4 is 11.6 Å². The summed E-state index contributed by atoms with van der Waals surface area (Å²) in [6.07, 6.45) is 0. The number of nitrogens with one attached hydrogen (secondary N) is 1. The van der Waals surface area contributed by atoms with Gasteiger partial charge in [0.1, 0.15) is 11.5 Å². The molecule has 0 aliphatic rings. The second kappa shape index (κ2) is 7.76. The lowest BCUT2D eigenvalue weighted by Crippen LogP contribution is -2.13. The zero-order valence-corrected chi connectivity index (χ0v) is 15.5. The van der Waals surface area contributed by atoms with Gasteiger partial charge in [0, 0.05) is 11.3 Å². The summed E-state index contributed by atoms with van der Waals surface area (Å²) in [5.74, 6) is 1.18. The normalized spacial score (nSPS) is 10.1. The Labute approximate surface area is 159 Å². The van der Waals surface area contributed by atoms with Crippen molar-refractivity contribution in [1.29, 1.82) is 5.26 Å². The first kappa shape index (κ1) is 18.2. The molecule has 0 aromatic heterocycles. The van der Waals surface area contributed by atoms with Crippen molar-refractivity contribution in [3.05, 3.63) is 88.5 Å². The van der Waals surface area contributed by atoms with Crippen molar-refractivity contribution in [3.63, 3.8) is 0 Å². The molecule has 3 rings (SSSR count). The maximum absolute atomic E-state index is 12.5. The van der Waals surface area contributed by atoms with Crippen LogP contribution in [0.15, 0.2) is 60.7 Å². The van der Waals surface area contributed by atoms with E-state index in [0.29, 0.717) is 22.6 Å². The molecule has 0 bridgehead atoms. The average Bonchev–Trinajstić information content (AvgIpc) is 2.66. The average molecular weight is 356 g/mol. The Hall–Kier alpha value is -3.58. The quantitative estimate of drug-likeness (QED) is 0.669. The van der Waals surface area contributed by atoms with Gasteiger partial charge in [-0.2, -0.15) is 5.26 Å². The van der Waals surface area contributed by atoms with E-state index in [9.17, 15) is 4.79 Å². The van der Waals surface area contributed by atoms with Crippen molar-refractivity contribution in [3.8, 4) is 17.6 Å². The zero-order chi connectivity index (χ0) is 19.4. The fraction of sp³-hybridized carbons (Fsp3) is 0.130. The van der Waals surface area contributed by atoms with Gasteiger partial charge >= 0.3 is 0 Å². The van der Waals surface area contributed by atoms with E-state index in [1.807, 2.05) is 51.1 Å². The van der Waals surface area contributed by atoms with Crippen LogP contribution in [0.3, 0.4) is 0 Å². The Morgan fingerprint density at radius 3 is 2.19 bits per heavy atom. The van der Waals surface area contributed by atoms with Crippen molar-refractivity contribution in [2.75, 3.05) is 5.32 Å². The minimum absolute atomic E-state index is 0.137. The molecule has 4 nitrogen and oxygen atoms in total. The molecule has 0 saturated carbocycles. The van der Waals surface area contributed by atoms with Gasteiger partial charge in [-0.3, -0.25) is 4.79 Å². The third-order valence-electron chi connectivity index (χ3n) is 4.43. The SMILES string of the molecule is Cc1ccc(C(=O)Nc2ccc(Oc3ccc(C#N)cc3)cc2C)cc1C. The first-order valence-electron chi connectivity index (χ1n) is 8.63. The fourth-order valence-electron chi connectivity index (χ4n) is 2.65. The molecule has 0 fully saturated rings. The topological polar surface area (TPSA) is 62.1 Å². The summed E-state index contributed by atoms with van der Waals surface area (Å²) < 4.78 is 5.81. The van der Waals surface area contributed by atoms with E-state index in [0.717, 1.165) is 22.4 Å². The number of carbonyl (C=O) groups is 1. The number of amides is 1. The molecular weight excluding hydrogens is 336 g/mol. The molecule has 27 heavy (non-hydrogen) atoms. The minimum Gasteiger partial charge on any atom is -0.457 e. The first-order valence-corrected chi connectivity index (χ1v) is 8.63. The Morgan fingerprint density at radius 1 is 0.852 bits per heavy atom. The van der Waals surface area contributed by atoms with Gasteiger partial charge in [0.25, 0.3) is 5.91 Å². The maximum atomic E-state index is 12.5. The molecule has 4 heteroatoms. The summed E-state index contributed by atoms with van der Waals surface area (Å²) in [4.78, 5) is 12.5. The molecular formula is C23H20N2O2. The number of rotatable bonds is 4. The zero-order valence-electron chi connectivity index (χ0n) is 15.5. The third-order valence-corrected chi connectivity index (χ3v) is 4.43. The van der Waals surface area contributed by atoms with Gasteiger partial charge in [-0.05, 0) is 92.1 Å². The van der Waals surface area contributed by atoms with E-state index in [-0.39, 0.29) is 5.91 Å². The highest BCUT2D eigenvalue weighted by atomic mass is 16.5. The van der Waals surface area contributed by atoms with Crippen LogP contribution in [0.1, 0.15) is 32.6 Å². The molecule has 1 amide bonds. The highest BCUT2D eigenvalue weighted by Gasteiger charge is 2.10. The highest BCUT2D eigenvalue weighted by Crippen LogP contribution is 2.26. The fourth-order valence-corrected chi connectivity index (χ4v) is 2.65. The summed E-state index contributed by atoms with van der Waals surface area (Å²) in [7, 11) is 0. The van der Waals surface area contributed by atoms with Crippen molar-refractivity contribution < 1.29 is 9.53 Å². The molecule has 3 aromatic carbocycles. The number of hydrogen-bond donors (Lipinski definition) is 1. The van der Waals surface area contributed by atoms with Crippen LogP contribution in [0.4, 0.5) is 5.69 Å². The molecule has 1 N–H and O–H groups in total. The summed E-state index contributed by atoms with van der Waals surface area (Å²) in [6, 6.07) is 20.2. The van der Waals surface area contributed by atoms with Gasteiger partial charge in [0.15, 0.2) is 0 Å². The summed E-state index contributed by atoms with van der Waals surface area (Å²) in [5.41, 5.74) is 5.11. The van der Waals surface area contributed by atoms with Crippen LogP contribution in [0.2, 0.25) is 0 Å². The lowest BCUT2D eigenvalue weighted by atomic mass is 10.1. The van der Waals surface area contributed by atoms with Crippen molar-refractivity contribution in [1.82, 2.24) is 0 Å². The number of aryl methyl sites for hydroxylation is 3. The molecule has 0 spiro atoms. The van der Waals surface area contributed by atoms with Gasteiger partial charge in [-0.1, -0.05) is 6.07 Å². The molecule has 0 aliphatic heterocycles. The van der Waals surface area contributed by atoms with E-state index >= 15 is 0 Å². The maximum Gasteiger partial charge on any atom is 0.255 e. The third kappa shape index (κ3) is 4.34. The Balaban J connectivity index is 1.73. The Morgan fingerprint density at radius 2 is 1.56 bits per heavy atom. The van der Waals surface area contributed by atoms with Crippen LogP contribution >= 0.6 is 0 Å². The second-order valence-corrected chi connectivity index (χ2v) is 6.47. The van der Waals surface area contributed by atoms with Crippen LogP contribution in [0, 0.1) is 32.1 Å².